The number of carbonyl (C=O) groups is 2. The Bertz CT molecular complexity index is 452. The Morgan fingerprint density at radius 2 is 1.83 bits per heavy atom. The van der Waals surface area contributed by atoms with Gasteiger partial charge in [0.1, 0.15) is 0 Å². The van der Waals surface area contributed by atoms with E-state index in [9.17, 15) is 9.59 Å². The second-order valence-electron chi connectivity index (χ2n) is 3.45. The lowest BCUT2D eigenvalue weighted by Gasteiger charge is -2.08. The van der Waals surface area contributed by atoms with E-state index >= 15 is 0 Å². The molecule has 5 nitrogen and oxygen atoms in total. The molecule has 3 N–H and O–H groups in total. The van der Waals surface area contributed by atoms with Gasteiger partial charge in [0.2, 0.25) is 11.8 Å². The minimum Gasteiger partial charge on any atom is -0.358 e. The van der Waals surface area contributed by atoms with Gasteiger partial charge in [0.05, 0.1) is 23.8 Å². The van der Waals surface area contributed by atoms with Gasteiger partial charge in [-0.15, -0.1) is 0 Å². The molecule has 0 radical (unpaired) electrons. The Labute approximate surface area is 115 Å². The number of hydrogen-bond acceptors (Lipinski definition) is 3. The van der Waals surface area contributed by atoms with Crippen molar-refractivity contribution >= 4 is 40.7 Å². The molecule has 18 heavy (non-hydrogen) atoms. The van der Waals surface area contributed by atoms with Crippen molar-refractivity contribution in [2.45, 2.75) is 0 Å². The Kier molecular flexibility index (Phi) is 5.91. The first-order chi connectivity index (χ1) is 8.52. The van der Waals surface area contributed by atoms with Crippen LogP contribution in [0.5, 0.6) is 0 Å². The van der Waals surface area contributed by atoms with Gasteiger partial charge in [-0.05, 0) is 18.2 Å². The molecule has 98 valence electrons. The molecule has 0 aliphatic heterocycles. The number of likely N-dealkylation sites (N-methyl/N-ethyl adjacent to an activating group) is 1. The van der Waals surface area contributed by atoms with Crippen molar-refractivity contribution in [1.82, 2.24) is 10.6 Å². The molecule has 1 rings (SSSR count). The van der Waals surface area contributed by atoms with Gasteiger partial charge in [-0.2, -0.15) is 0 Å². The van der Waals surface area contributed by atoms with E-state index < -0.39 is 0 Å². The molecule has 0 aromatic heterocycles. The van der Waals surface area contributed by atoms with Gasteiger partial charge >= 0.3 is 0 Å². The van der Waals surface area contributed by atoms with Crippen LogP contribution >= 0.6 is 23.2 Å². The molecule has 1 aromatic carbocycles. The van der Waals surface area contributed by atoms with Crippen molar-refractivity contribution < 1.29 is 9.59 Å². The molecule has 0 fully saturated rings. The van der Waals surface area contributed by atoms with Crippen LogP contribution in [-0.2, 0) is 9.59 Å². The highest BCUT2D eigenvalue weighted by Gasteiger charge is 2.07. The van der Waals surface area contributed by atoms with Crippen molar-refractivity contribution in [3.05, 3.63) is 28.2 Å². The van der Waals surface area contributed by atoms with E-state index in [0.29, 0.717) is 15.7 Å². The van der Waals surface area contributed by atoms with E-state index in [1.807, 2.05) is 0 Å². The van der Waals surface area contributed by atoms with Crippen molar-refractivity contribution in [1.29, 1.82) is 0 Å². The van der Waals surface area contributed by atoms with Crippen molar-refractivity contribution in [3.8, 4) is 0 Å². The summed E-state index contributed by atoms with van der Waals surface area (Å²) in [6, 6.07) is 4.78. The Balaban J connectivity index is 2.44. The molecule has 0 aliphatic carbocycles. The van der Waals surface area contributed by atoms with Gasteiger partial charge in [0.25, 0.3) is 0 Å². The van der Waals surface area contributed by atoms with Crippen LogP contribution in [0.4, 0.5) is 5.69 Å². The van der Waals surface area contributed by atoms with Crippen LogP contribution in [0, 0.1) is 0 Å². The molecule has 1 aromatic rings. The maximum absolute atomic E-state index is 11.5. The first-order valence-electron chi connectivity index (χ1n) is 5.19. The second kappa shape index (κ2) is 7.20. The molecule has 0 bridgehead atoms. The monoisotopic (exact) mass is 289 g/mol. The van der Waals surface area contributed by atoms with Gasteiger partial charge in [-0.3, -0.25) is 14.9 Å². The van der Waals surface area contributed by atoms with Crippen LogP contribution in [0.3, 0.4) is 0 Å². The van der Waals surface area contributed by atoms with Crippen LogP contribution in [-0.4, -0.2) is 32.0 Å². The minimum atomic E-state index is -0.303. The summed E-state index contributed by atoms with van der Waals surface area (Å²) < 4.78 is 0. The van der Waals surface area contributed by atoms with E-state index in [-0.39, 0.29) is 24.9 Å². The Morgan fingerprint density at radius 3 is 2.50 bits per heavy atom. The van der Waals surface area contributed by atoms with E-state index in [1.54, 1.807) is 18.2 Å². The molecular weight excluding hydrogens is 277 g/mol. The van der Waals surface area contributed by atoms with Gasteiger partial charge in [-0.1, -0.05) is 23.2 Å². The maximum atomic E-state index is 11.5. The molecular formula is C11H13Cl2N3O2. The van der Waals surface area contributed by atoms with Crippen LogP contribution in [0.15, 0.2) is 18.2 Å². The van der Waals surface area contributed by atoms with Crippen molar-refractivity contribution in [2.75, 3.05) is 25.5 Å². The van der Waals surface area contributed by atoms with Gasteiger partial charge in [-0.25, -0.2) is 0 Å². The number of amides is 2. The summed E-state index contributed by atoms with van der Waals surface area (Å²) in [4.78, 5) is 22.4. The first kappa shape index (κ1) is 14.8. The third kappa shape index (κ3) is 4.91. The normalized spacial score (nSPS) is 9.94. The average molecular weight is 290 g/mol. The lowest BCUT2D eigenvalue weighted by molar-refractivity contribution is -0.119. The molecule has 2 amide bonds. The van der Waals surface area contributed by atoms with Gasteiger partial charge < -0.3 is 10.6 Å². The summed E-state index contributed by atoms with van der Waals surface area (Å²) in [5.74, 6) is -0.494. The largest absolute Gasteiger partial charge is 0.358 e. The fourth-order valence-electron chi connectivity index (χ4n) is 1.17. The Morgan fingerprint density at radius 1 is 1.17 bits per heavy atom. The zero-order chi connectivity index (χ0) is 13.5. The fourth-order valence-corrected chi connectivity index (χ4v) is 1.50. The summed E-state index contributed by atoms with van der Waals surface area (Å²) in [6.07, 6.45) is 0. The molecule has 0 heterocycles. The standard InChI is InChI=1S/C11H13Cl2N3O2/c1-14-10(17)5-15-6-11(18)16-9-4-7(12)2-3-8(9)13/h2-4,15H,5-6H2,1H3,(H,14,17)(H,16,18). The van der Waals surface area contributed by atoms with E-state index in [0.717, 1.165) is 0 Å². The quantitative estimate of drug-likeness (QED) is 0.765. The highest BCUT2D eigenvalue weighted by atomic mass is 35.5. The zero-order valence-corrected chi connectivity index (χ0v) is 11.2. The molecule has 0 unspecified atom stereocenters. The second-order valence-corrected chi connectivity index (χ2v) is 4.29. The molecule has 0 aliphatic rings. The topological polar surface area (TPSA) is 70.2 Å². The van der Waals surface area contributed by atoms with E-state index in [4.69, 9.17) is 23.2 Å². The maximum Gasteiger partial charge on any atom is 0.238 e. The summed E-state index contributed by atoms with van der Waals surface area (Å²) in [7, 11) is 1.52. The van der Waals surface area contributed by atoms with E-state index in [1.165, 1.54) is 7.05 Å². The average Bonchev–Trinajstić information content (AvgIpc) is 2.33. The fraction of sp³-hybridized carbons (Fsp3) is 0.273. The number of carbonyl (C=O) groups excluding carboxylic acids is 2. The SMILES string of the molecule is CNC(=O)CNCC(=O)Nc1cc(Cl)ccc1Cl. The number of rotatable bonds is 5. The number of anilines is 1. The van der Waals surface area contributed by atoms with Gasteiger partial charge in [0, 0.05) is 12.1 Å². The summed E-state index contributed by atoms with van der Waals surface area (Å²) in [5, 5.41) is 8.60. The van der Waals surface area contributed by atoms with E-state index in [2.05, 4.69) is 16.0 Å². The smallest absolute Gasteiger partial charge is 0.238 e. The molecule has 0 spiro atoms. The Hall–Kier alpha value is -1.30. The zero-order valence-electron chi connectivity index (χ0n) is 9.72. The number of hydrogen-bond donors (Lipinski definition) is 3. The number of nitrogens with one attached hydrogen (secondary N) is 3. The third-order valence-corrected chi connectivity index (χ3v) is 2.62. The number of halogens is 2. The molecule has 0 saturated heterocycles. The lowest BCUT2D eigenvalue weighted by Crippen LogP contribution is -2.36. The van der Waals surface area contributed by atoms with Crippen LogP contribution in [0.2, 0.25) is 10.0 Å². The lowest BCUT2D eigenvalue weighted by atomic mass is 10.3. The predicted octanol–water partition coefficient (Wildman–Crippen LogP) is 1.27. The number of benzene rings is 1. The third-order valence-electron chi connectivity index (χ3n) is 2.05. The first-order valence-corrected chi connectivity index (χ1v) is 5.94. The minimum absolute atomic E-state index is 0.0102. The summed E-state index contributed by atoms with van der Waals surface area (Å²) in [5.41, 5.74) is 0.441. The molecule has 0 atom stereocenters. The predicted molar refractivity (Wildman–Crippen MR) is 72.0 cm³/mol. The molecule has 7 heteroatoms. The van der Waals surface area contributed by atoms with Gasteiger partial charge in [0.15, 0.2) is 0 Å². The molecule has 0 saturated carbocycles. The highest BCUT2D eigenvalue weighted by molar-refractivity contribution is 6.35. The van der Waals surface area contributed by atoms with Crippen LogP contribution in [0.25, 0.3) is 0 Å². The van der Waals surface area contributed by atoms with Crippen molar-refractivity contribution in [2.24, 2.45) is 0 Å². The summed E-state index contributed by atoms with van der Waals surface area (Å²) >= 11 is 11.7. The summed E-state index contributed by atoms with van der Waals surface area (Å²) in [6.45, 7) is 0.0868. The van der Waals surface area contributed by atoms with Crippen molar-refractivity contribution in [3.63, 3.8) is 0 Å². The highest BCUT2D eigenvalue weighted by Crippen LogP contribution is 2.25. The van der Waals surface area contributed by atoms with Crippen LogP contribution < -0.4 is 16.0 Å². The van der Waals surface area contributed by atoms with Crippen LogP contribution in [0.1, 0.15) is 0 Å².